The van der Waals surface area contributed by atoms with Gasteiger partial charge < -0.3 is 9.72 Å². The molecular weight excluding hydrogens is 190 g/mol. The lowest BCUT2D eigenvalue weighted by molar-refractivity contribution is -0.128. The van der Waals surface area contributed by atoms with Crippen LogP contribution in [0.2, 0.25) is 5.02 Å². The Hall–Kier alpha value is -0.960. The fourth-order valence-corrected chi connectivity index (χ4v) is 0.816. The summed E-state index contributed by atoms with van der Waals surface area (Å²) in [6.07, 6.45) is 1.90. The first-order valence-electron chi connectivity index (χ1n) is 3.98. The minimum atomic E-state index is 0.431. The zero-order valence-corrected chi connectivity index (χ0v) is 8.81. The van der Waals surface area contributed by atoms with E-state index in [0.717, 1.165) is 16.3 Å². The van der Waals surface area contributed by atoms with Gasteiger partial charge in [-0.25, -0.2) is 0 Å². The Kier molecular flexibility index (Phi) is 6.06. The van der Waals surface area contributed by atoms with Crippen molar-refractivity contribution >= 4 is 18.1 Å². The summed E-state index contributed by atoms with van der Waals surface area (Å²) in [5.41, 5.74) is 2.16. The molecule has 0 fully saturated rings. The average molecular weight is 204 g/mol. The van der Waals surface area contributed by atoms with Crippen molar-refractivity contribution in [2.75, 3.05) is 6.61 Å². The van der Waals surface area contributed by atoms with Crippen LogP contribution in [0, 0.1) is 13.8 Å². The van der Waals surface area contributed by atoms with Gasteiger partial charge in [-0.1, -0.05) is 11.6 Å². The Morgan fingerprint density at radius 2 is 2.23 bits per heavy atom. The van der Waals surface area contributed by atoms with Crippen LogP contribution in [0.15, 0.2) is 6.20 Å². The van der Waals surface area contributed by atoms with Gasteiger partial charge in [0, 0.05) is 11.9 Å². The number of hydrogen-bond donors (Lipinski definition) is 1. The molecule has 0 spiro atoms. The molecular formula is C9H14ClNO2. The fourth-order valence-electron chi connectivity index (χ4n) is 0.707. The Bertz CT molecular complexity index is 239. The molecule has 1 rings (SSSR count). The molecule has 1 aromatic heterocycles. The van der Waals surface area contributed by atoms with E-state index in [4.69, 9.17) is 11.6 Å². The maximum absolute atomic E-state index is 9.18. The van der Waals surface area contributed by atoms with Gasteiger partial charge in [0.25, 0.3) is 6.47 Å². The number of nitrogens with one attached hydrogen (secondary N) is 1. The standard InChI is InChI=1S/C6H8ClN.C3H6O2/c1-4-3-8-5(2)6(4)7;1-2-5-3-4/h3,8H,1-2H3;3H,2H2,1H3. The molecule has 0 saturated carbocycles. The van der Waals surface area contributed by atoms with E-state index >= 15 is 0 Å². The summed E-state index contributed by atoms with van der Waals surface area (Å²) in [4.78, 5) is 12.2. The lowest BCUT2D eigenvalue weighted by atomic mass is 10.3. The van der Waals surface area contributed by atoms with Crippen LogP contribution in [-0.2, 0) is 9.53 Å². The Morgan fingerprint density at radius 1 is 1.62 bits per heavy atom. The van der Waals surface area contributed by atoms with Gasteiger partial charge in [0.1, 0.15) is 0 Å². The van der Waals surface area contributed by atoms with Crippen LogP contribution >= 0.6 is 11.6 Å². The highest BCUT2D eigenvalue weighted by atomic mass is 35.5. The van der Waals surface area contributed by atoms with Gasteiger partial charge in [-0.05, 0) is 26.3 Å². The lowest BCUT2D eigenvalue weighted by Crippen LogP contribution is -1.80. The highest BCUT2D eigenvalue weighted by Gasteiger charge is 1.97. The SMILES string of the molecule is CCOC=O.Cc1c[nH]c(C)c1Cl. The van der Waals surface area contributed by atoms with Crippen molar-refractivity contribution in [3.63, 3.8) is 0 Å². The predicted octanol–water partition coefficient (Wildman–Crippen LogP) is 2.46. The molecule has 0 aliphatic heterocycles. The van der Waals surface area contributed by atoms with Gasteiger partial charge in [0.15, 0.2) is 0 Å². The number of aromatic amines is 1. The van der Waals surface area contributed by atoms with Crippen LogP contribution in [0.4, 0.5) is 0 Å². The molecule has 1 aromatic rings. The molecule has 0 aliphatic rings. The van der Waals surface area contributed by atoms with Crippen LogP contribution in [-0.4, -0.2) is 18.1 Å². The number of carbonyl (C=O) groups is 1. The second-order valence-corrected chi connectivity index (χ2v) is 2.84. The number of hydrogen-bond acceptors (Lipinski definition) is 2. The maximum atomic E-state index is 9.18. The van der Waals surface area contributed by atoms with E-state index < -0.39 is 0 Å². The minimum absolute atomic E-state index is 0.431. The van der Waals surface area contributed by atoms with E-state index in [1.165, 1.54) is 0 Å². The first-order chi connectivity index (χ1) is 6.13. The smallest absolute Gasteiger partial charge is 0.293 e. The quantitative estimate of drug-likeness (QED) is 0.751. The molecule has 0 unspecified atom stereocenters. The van der Waals surface area contributed by atoms with E-state index in [1.807, 2.05) is 20.0 Å². The summed E-state index contributed by atoms with van der Waals surface area (Å²) >= 11 is 5.76. The van der Waals surface area contributed by atoms with Crippen molar-refractivity contribution in [1.82, 2.24) is 4.98 Å². The predicted molar refractivity (Wildman–Crippen MR) is 53.0 cm³/mol. The summed E-state index contributed by atoms with van der Waals surface area (Å²) in [6, 6.07) is 0. The third-order valence-corrected chi connectivity index (χ3v) is 2.00. The molecule has 0 aromatic carbocycles. The second kappa shape index (κ2) is 6.54. The third kappa shape index (κ3) is 4.58. The number of aryl methyl sites for hydroxylation is 2. The molecule has 0 amide bonds. The highest BCUT2D eigenvalue weighted by Crippen LogP contribution is 2.17. The van der Waals surface area contributed by atoms with Gasteiger partial charge in [-0.15, -0.1) is 0 Å². The van der Waals surface area contributed by atoms with Gasteiger partial charge in [-0.2, -0.15) is 0 Å². The molecule has 1 N–H and O–H groups in total. The van der Waals surface area contributed by atoms with Crippen LogP contribution in [0.25, 0.3) is 0 Å². The van der Waals surface area contributed by atoms with Crippen LogP contribution < -0.4 is 0 Å². The Morgan fingerprint density at radius 3 is 2.31 bits per heavy atom. The lowest BCUT2D eigenvalue weighted by Gasteiger charge is -1.83. The number of rotatable bonds is 2. The summed E-state index contributed by atoms with van der Waals surface area (Å²) in [5, 5.41) is 0.852. The van der Waals surface area contributed by atoms with Crippen molar-refractivity contribution in [2.45, 2.75) is 20.8 Å². The second-order valence-electron chi connectivity index (χ2n) is 2.46. The monoisotopic (exact) mass is 203 g/mol. The first-order valence-corrected chi connectivity index (χ1v) is 4.36. The summed E-state index contributed by atoms with van der Waals surface area (Å²) in [7, 11) is 0. The first kappa shape index (κ1) is 12.0. The summed E-state index contributed by atoms with van der Waals surface area (Å²) < 4.78 is 4.15. The fraction of sp³-hybridized carbons (Fsp3) is 0.444. The molecule has 74 valence electrons. The van der Waals surface area contributed by atoms with Crippen molar-refractivity contribution in [3.05, 3.63) is 22.5 Å². The molecule has 0 saturated heterocycles. The molecule has 3 nitrogen and oxygen atoms in total. The highest BCUT2D eigenvalue weighted by molar-refractivity contribution is 6.32. The van der Waals surface area contributed by atoms with Crippen molar-refractivity contribution in [2.24, 2.45) is 0 Å². The van der Waals surface area contributed by atoms with Gasteiger partial charge in [0.2, 0.25) is 0 Å². The van der Waals surface area contributed by atoms with E-state index in [9.17, 15) is 4.79 Å². The Labute approximate surface area is 83.0 Å². The zero-order chi connectivity index (χ0) is 10.3. The van der Waals surface area contributed by atoms with Crippen molar-refractivity contribution < 1.29 is 9.53 Å². The van der Waals surface area contributed by atoms with Crippen LogP contribution in [0.1, 0.15) is 18.2 Å². The zero-order valence-electron chi connectivity index (χ0n) is 8.06. The van der Waals surface area contributed by atoms with Crippen LogP contribution in [0.3, 0.4) is 0 Å². The molecule has 13 heavy (non-hydrogen) atoms. The van der Waals surface area contributed by atoms with E-state index in [0.29, 0.717) is 13.1 Å². The van der Waals surface area contributed by atoms with E-state index in [-0.39, 0.29) is 0 Å². The molecule has 1 heterocycles. The van der Waals surface area contributed by atoms with Crippen molar-refractivity contribution in [1.29, 1.82) is 0 Å². The summed E-state index contributed by atoms with van der Waals surface area (Å²) in [6.45, 7) is 6.60. The minimum Gasteiger partial charge on any atom is -0.468 e. The molecule has 0 aliphatic carbocycles. The Balaban J connectivity index is 0.000000252. The molecule has 0 bridgehead atoms. The number of halogens is 1. The molecule has 4 heteroatoms. The number of aromatic nitrogens is 1. The average Bonchev–Trinajstić information content (AvgIpc) is 2.39. The molecule has 0 atom stereocenters. The number of H-pyrrole nitrogens is 1. The number of carbonyl (C=O) groups excluding carboxylic acids is 1. The van der Waals surface area contributed by atoms with E-state index in [1.54, 1.807) is 6.92 Å². The van der Waals surface area contributed by atoms with E-state index in [2.05, 4.69) is 9.72 Å². The summed E-state index contributed by atoms with van der Waals surface area (Å²) in [5.74, 6) is 0. The topological polar surface area (TPSA) is 42.1 Å². The maximum Gasteiger partial charge on any atom is 0.293 e. The normalized spacial score (nSPS) is 8.62. The molecule has 0 radical (unpaired) electrons. The van der Waals surface area contributed by atoms with Crippen molar-refractivity contribution in [3.8, 4) is 0 Å². The van der Waals surface area contributed by atoms with Crippen LogP contribution in [0.5, 0.6) is 0 Å². The van der Waals surface area contributed by atoms with Gasteiger partial charge in [-0.3, -0.25) is 4.79 Å². The number of ether oxygens (including phenoxy) is 1. The largest absolute Gasteiger partial charge is 0.468 e. The van der Waals surface area contributed by atoms with Gasteiger partial charge >= 0.3 is 0 Å². The third-order valence-electron chi connectivity index (χ3n) is 1.42. The van der Waals surface area contributed by atoms with Gasteiger partial charge in [0.05, 0.1) is 11.6 Å².